The second-order valence-electron chi connectivity index (χ2n) is 5.86. The van der Waals surface area contributed by atoms with Crippen molar-refractivity contribution in [2.24, 2.45) is 5.92 Å². The molecule has 6 nitrogen and oxygen atoms in total. The van der Waals surface area contributed by atoms with Gasteiger partial charge in [-0.05, 0) is 31.6 Å². The van der Waals surface area contributed by atoms with E-state index < -0.39 is 15.0 Å². The maximum atomic E-state index is 12.3. The van der Waals surface area contributed by atoms with Gasteiger partial charge in [0.25, 0.3) is 15.0 Å². The van der Waals surface area contributed by atoms with Crippen LogP contribution < -0.4 is 5.32 Å². The summed E-state index contributed by atoms with van der Waals surface area (Å²) in [6, 6.07) is -0.00340. The monoisotopic (exact) mass is 333 g/mol. The van der Waals surface area contributed by atoms with E-state index >= 15 is 0 Å². The van der Waals surface area contributed by atoms with Crippen LogP contribution in [-0.4, -0.2) is 30.6 Å². The van der Waals surface area contributed by atoms with Crippen LogP contribution in [0.15, 0.2) is 4.90 Å². The van der Waals surface area contributed by atoms with E-state index in [1.165, 1.54) is 6.42 Å². The molecule has 0 radical (unpaired) electrons. The Morgan fingerprint density at radius 1 is 1.38 bits per heavy atom. The summed E-state index contributed by atoms with van der Waals surface area (Å²) in [7, 11) is 1.43. The van der Waals surface area contributed by atoms with Crippen LogP contribution in [0.2, 0.25) is 0 Å². The molecule has 1 aromatic rings. The quantitative estimate of drug-likeness (QED) is 0.809. The molecular weight excluding hydrogens is 314 g/mol. The lowest BCUT2D eigenvalue weighted by Crippen LogP contribution is -2.41. The number of aromatic nitrogens is 2. The third-order valence-corrected chi connectivity index (χ3v) is 5.36. The third-order valence-electron chi connectivity index (χ3n) is 4.00. The van der Waals surface area contributed by atoms with E-state index in [4.69, 9.17) is 10.7 Å². The molecule has 118 valence electrons. The highest BCUT2D eigenvalue weighted by Crippen LogP contribution is 2.30. The van der Waals surface area contributed by atoms with Gasteiger partial charge >= 0.3 is 0 Å². The van der Waals surface area contributed by atoms with E-state index in [9.17, 15) is 13.2 Å². The van der Waals surface area contributed by atoms with Crippen LogP contribution in [0.25, 0.3) is 0 Å². The maximum absolute atomic E-state index is 12.3. The lowest BCUT2D eigenvalue weighted by Gasteiger charge is -2.31. The van der Waals surface area contributed by atoms with Crippen LogP contribution >= 0.6 is 10.7 Å². The zero-order chi connectivity index (χ0) is 15.8. The first-order valence-corrected chi connectivity index (χ1v) is 9.36. The molecule has 0 spiro atoms. The summed E-state index contributed by atoms with van der Waals surface area (Å²) in [5.41, 5.74) is 0.200. The van der Waals surface area contributed by atoms with Crippen molar-refractivity contribution >= 4 is 25.6 Å². The van der Waals surface area contributed by atoms with E-state index in [1.54, 1.807) is 13.8 Å². The van der Waals surface area contributed by atoms with Gasteiger partial charge in [-0.2, -0.15) is 5.10 Å². The van der Waals surface area contributed by atoms with Gasteiger partial charge in [-0.25, -0.2) is 8.42 Å². The maximum Gasteiger partial charge on any atom is 0.273 e. The fraction of sp³-hybridized carbons (Fsp3) is 0.692. The summed E-state index contributed by atoms with van der Waals surface area (Å²) < 4.78 is 23.5. The minimum Gasteiger partial charge on any atom is -0.348 e. The number of aromatic amines is 1. The van der Waals surface area contributed by atoms with Crippen molar-refractivity contribution in [1.82, 2.24) is 15.5 Å². The zero-order valence-corrected chi connectivity index (χ0v) is 13.9. The van der Waals surface area contributed by atoms with E-state index in [-0.39, 0.29) is 22.5 Å². The molecule has 8 heteroatoms. The van der Waals surface area contributed by atoms with Gasteiger partial charge < -0.3 is 5.32 Å². The van der Waals surface area contributed by atoms with Crippen molar-refractivity contribution in [3.63, 3.8) is 0 Å². The first-order valence-electron chi connectivity index (χ1n) is 7.05. The molecule has 2 N–H and O–H groups in total. The topological polar surface area (TPSA) is 91.9 Å². The summed E-state index contributed by atoms with van der Waals surface area (Å²) in [6.07, 6.45) is 3.34. The van der Waals surface area contributed by atoms with Crippen LogP contribution in [0.4, 0.5) is 0 Å². The standard InChI is InChI=1S/C13H20ClN3O3S/c1-7(2)10-12(21(14,19)20)11(17-16-10)13(18)15-8(3)9-5-4-6-9/h7-9H,4-6H2,1-3H3,(H,15,18)(H,16,17). The van der Waals surface area contributed by atoms with Crippen molar-refractivity contribution < 1.29 is 13.2 Å². The van der Waals surface area contributed by atoms with Crippen molar-refractivity contribution in [3.8, 4) is 0 Å². The first kappa shape index (κ1) is 16.3. The summed E-state index contributed by atoms with van der Waals surface area (Å²) in [5.74, 6) is -0.183. The number of hydrogen-bond acceptors (Lipinski definition) is 4. The molecule has 1 atom stereocenters. The molecule has 1 aliphatic carbocycles. The minimum absolute atomic E-state index is 0.00340. The van der Waals surface area contributed by atoms with E-state index in [1.807, 2.05) is 6.92 Å². The van der Waals surface area contributed by atoms with Gasteiger partial charge in [-0.3, -0.25) is 9.89 Å². The highest BCUT2D eigenvalue weighted by Gasteiger charge is 2.32. The SMILES string of the molecule is CC(C)c1[nH]nc(C(=O)NC(C)C2CCC2)c1S(=O)(=O)Cl. The Balaban J connectivity index is 2.28. The average Bonchev–Trinajstić information content (AvgIpc) is 2.69. The third kappa shape index (κ3) is 3.40. The molecule has 0 saturated heterocycles. The van der Waals surface area contributed by atoms with Crippen LogP contribution in [0.3, 0.4) is 0 Å². The van der Waals surface area contributed by atoms with Gasteiger partial charge in [0.05, 0.1) is 5.69 Å². The van der Waals surface area contributed by atoms with Crippen molar-refractivity contribution in [1.29, 1.82) is 0 Å². The summed E-state index contributed by atoms with van der Waals surface area (Å²) >= 11 is 0. The molecule has 1 saturated carbocycles. The summed E-state index contributed by atoms with van der Waals surface area (Å²) in [6.45, 7) is 5.53. The lowest BCUT2D eigenvalue weighted by atomic mass is 9.80. The largest absolute Gasteiger partial charge is 0.348 e. The number of carbonyl (C=O) groups is 1. The molecule has 1 fully saturated rings. The Bertz CT molecular complexity index is 635. The molecular formula is C13H20ClN3O3S. The fourth-order valence-electron chi connectivity index (χ4n) is 2.47. The number of nitrogens with one attached hydrogen (secondary N) is 2. The van der Waals surface area contributed by atoms with Crippen LogP contribution in [0.5, 0.6) is 0 Å². The highest BCUT2D eigenvalue weighted by atomic mass is 35.7. The van der Waals surface area contributed by atoms with Crippen LogP contribution in [0.1, 0.15) is 62.1 Å². The number of amides is 1. The number of nitrogens with zero attached hydrogens (tertiary/aromatic N) is 1. The molecule has 1 aromatic heterocycles. The van der Waals surface area contributed by atoms with Crippen LogP contribution in [0, 0.1) is 5.92 Å². The molecule has 1 unspecified atom stereocenters. The van der Waals surface area contributed by atoms with Gasteiger partial charge in [0.1, 0.15) is 4.90 Å². The molecule has 0 aromatic carbocycles. The summed E-state index contributed by atoms with van der Waals surface area (Å²) in [5, 5.41) is 9.29. The van der Waals surface area contributed by atoms with Gasteiger partial charge in [0, 0.05) is 16.7 Å². The predicted molar refractivity (Wildman–Crippen MR) is 80.0 cm³/mol. The Morgan fingerprint density at radius 3 is 2.43 bits per heavy atom. The average molecular weight is 334 g/mol. The molecule has 1 aliphatic rings. The number of H-pyrrole nitrogens is 1. The second-order valence-corrected chi connectivity index (χ2v) is 8.36. The smallest absolute Gasteiger partial charge is 0.273 e. The van der Waals surface area contributed by atoms with E-state index in [0.717, 1.165) is 12.8 Å². The first-order chi connectivity index (χ1) is 9.71. The number of rotatable bonds is 5. The van der Waals surface area contributed by atoms with E-state index in [2.05, 4.69) is 15.5 Å². The number of carbonyl (C=O) groups excluding carboxylic acids is 1. The Labute approximate surface area is 129 Å². The van der Waals surface area contributed by atoms with Gasteiger partial charge in [0.2, 0.25) is 0 Å². The normalized spacial score (nSPS) is 17.6. The van der Waals surface area contributed by atoms with Crippen LogP contribution in [-0.2, 0) is 9.05 Å². The molecule has 0 bridgehead atoms. The lowest BCUT2D eigenvalue weighted by molar-refractivity contribution is 0.0901. The molecule has 0 aliphatic heterocycles. The highest BCUT2D eigenvalue weighted by molar-refractivity contribution is 8.13. The Morgan fingerprint density at radius 2 is 2.00 bits per heavy atom. The van der Waals surface area contributed by atoms with Crippen molar-refractivity contribution in [2.45, 2.75) is 56.9 Å². The molecule has 2 rings (SSSR count). The van der Waals surface area contributed by atoms with Gasteiger partial charge in [-0.1, -0.05) is 20.3 Å². The number of halogens is 1. The minimum atomic E-state index is -4.04. The molecule has 1 heterocycles. The zero-order valence-electron chi connectivity index (χ0n) is 12.3. The van der Waals surface area contributed by atoms with Gasteiger partial charge in [-0.15, -0.1) is 0 Å². The molecule has 21 heavy (non-hydrogen) atoms. The van der Waals surface area contributed by atoms with Gasteiger partial charge in [0.15, 0.2) is 5.69 Å². The van der Waals surface area contributed by atoms with Crippen molar-refractivity contribution in [2.75, 3.05) is 0 Å². The van der Waals surface area contributed by atoms with Crippen molar-refractivity contribution in [3.05, 3.63) is 11.4 Å². The summed E-state index contributed by atoms with van der Waals surface area (Å²) in [4.78, 5) is 12.1. The molecule has 1 amide bonds. The Hall–Kier alpha value is -1.08. The number of hydrogen-bond donors (Lipinski definition) is 2. The van der Waals surface area contributed by atoms with E-state index in [0.29, 0.717) is 11.6 Å². The second kappa shape index (κ2) is 5.96. The predicted octanol–water partition coefficient (Wildman–Crippen LogP) is 2.38. The Kier molecular flexibility index (Phi) is 4.63. The fourth-order valence-corrected chi connectivity index (χ4v) is 3.85.